The van der Waals surface area contributed by atoms with Crippen LogP contribution in [0.3, 0.4) is 0 Å². The normalized spacial score (nSPS) is 14.8. The second kappa shape index (κ2) is 9.21. The van der Waals surface area contributed by atoms with E-state index in [-0.39, 0.29) is 17.1 Å². The van der Waals surface area contributed by atoms with Gasteiger partial charge in [-0.1, -0.05) is 69.6 Å². The van der Waals surface area contributed by atoms with Crippen LogP contribution in [0.1, 0.15) is 63.6 Å². The van der Waals surface area contributed by atoms with Crippen molar-refractivity contribution in [3.63, 3.8) is 0 Å². The molecule has 0 bridgehead atoms. The van der Waals surface area contributed by atoms with Crippen molar-refractivity contribution in [2.75, 3.05) is 11.1 Å². The Bertz CT molecular complexity index is 1010. The summed E-state index contributed by atoms with van der Waals surface area (Å²) in [5.41, 5.74) is 2.55. The molecular weight excluding hydrogens is 410 g/mol. The maximum absolute atomic E-state index is 12.5. The number of amides is 1. The van der Waals surface area contributed by atoms with Crippen molar-refractivity contribution >= 4 is 23.5 Å². The van der Waals surface area contributed by atoms with E-state index in [1.54, 1.807) is 10.9 Å². The molecular formula is C22H29N7OS. The molecule has 0 spiro atoms. The van der Waals surface area contributed by atoms with Crippen LogP contribution in [0.2, 0.25) is 0 Å². The van der Waals surface area contributed by atoms with Gasteiger partial charge in [-0.3, -0.25) is 4.79 Å². The molecule has 1 amide bonds. The first kappa shape index (κ1) is 21.5. The maximum Gasteiger partial charge on any atom is 0.235 e. The van der Waals surface area contributed by atoms with E-state index in [9.17, 15) is 4.79 Å². The Morgan fingerprint density at radius 3 is 2.61 bits per heavy atom. The van der Waals surface area contributed by atoms with Gasteiger partial charge in [0.1, 0.15) is 5.82 Å². The van der Waals surface area contributed by atoms with Crippen LogP contribution in [-0.4, -0.2) is 41.6 Å². The number of carbonyl (C=O) groups is 1. The SMILES string of the molecule is CC(C)(C)c1ccc(Cn2nccc2NC(=O)CSc2nnnn2C2CCCC2)cc1. The van der Waals surface area contributed by atoms with E-state index in [4.69, 9.17) is 0 Å². The van der Waals surface area contributed by atoms with Crippen molar-refractivity contribution in [3.8, 4) is 0 Å². The van der Waals surface area contributed by atoms with Crippen LogP contribution in [-0.2, 0) is 16.8 Å². The summed E-state index contributed by atoms with van der Waals surface area (Å²) in [4.78, 5) is 12.5. The Morgan fingerprint density at radius 1 is 1.16 bits per heavy atom. The molecule has 0 unspecified atom stereocenters. The van der Waals surface area contributed by atoms with Gasteiger partial charge < -0.3 is 5.32 Å². The molecule has 3 aromatic rings. The molecule has 2 aromatic heterocycles. The minimum Gasteiger partial charge on any atom is -0.310 e. The van der Waals surface area contributed by atoms with Crippen LogP contribution in [0.5, 0.6) is 0 Å². The lowest BCUT2D eigenvalue weighted by atomic mass is 9.87. The van der Waals surface area contributed by atoms with Gasteiger partial charge in [-0.2, -0.15) is 5.10 Å². The van der Waals surface area contributed by atoms with Crippen molar-refractivity contribution in [2.24, 2.45) is 0 Å². The summed E-state index contributed by atoms with van der Waals surface area (Å²) >= 11 is 1.37. The van der Waals surface area contributed by atoms with E-state index in [0.29, 0.717) is 23.6 Å². The summed E-state index contributed by atoms with van der Waals surface area (Å²) in [5, 5.41) is 20.1. The van der Waals surface area contributed by atoms with Crippen molar-refractivity contribution in [3.05, 3.63) is 47.7 Å². The second-order valence-corrected chi connectivity index (χ2v) is 9.94. The van der Waals surface area contributed by atoms with E-state index in [2.05, 4.69) is 71.0 Å². The quantitative estimate of drug-likeness (QED) is 0.558. The number of anilines is 1. The maximum atomic E-state index is 12.5. The van der Waals surface area contributed by atoms with Crippen LogP contribution in [0.25, 0.3) is 0 Å². The van der Waals surface area contributed by atoms with Crippen LogP contribution < -0.4 is 5.32 Å². The number of rotatable bonds is 7. The summed E-state index contributed by atoms with van der Waals surface area (Å²) in [6.07, 6.45) is 6.31. The Morgan fingerprint density at radius 2 is 1.90 bits per heavy atom. The third kappa shape index (κ3) is 5.33. The lowest BCUT2D eigenvalue weighted by Crippen LogP contribution is -2.18. The van der Waals surface area contributed by atoms with E-state index in [0.717, 1.165) is 18.4 Å². The molecule has 164 valence electrons. The van der Waals surface area contributed by atoms with Crippen molar-refractivity contribution in [1.29, 1.82) is 0 Å². The standard InChI is InChI=1S/C22H29N7OS/c1-22(2,3)17-10-8-16(9-11-17)14-28-19(12-13-23-28)24-20(30)15-31-21-25-26-27-29(21)18-6-4-5-7-18/h8-13,18H,4-7,14-15H2,1-3H3,(H,24,30). The molecule has 1 aromatic carbocycles. The van der Waals surface area contributed by atoms with Crippen LogP contribution in [0, 0.1) is 0 Å². The van der Waals surface area contributed by atoms with Crippen LogP contribution in [0.4, 0.5) is 5.82 Å². The van der Waals surface area contributed by atoms with E-state index < -0.39 is 0 Å². The number of hydrogen-bond acceptors (Lipinski definition) is 6. The van der Waals surface area contributed by atoms with E-state index in [1.807, 2.05) is 10.7 Å². The fraction of sp³-hybridized carbons (Fsp3) is 0.500. The summed E-state index contributed by atoms with van der Waals surface area (Å²) in [6.45, 7) is 7.20. The van der Waals surface area contributed by atoms with Gasteiger partial charge >= 0.3 is 0 Å². The highest BCUT2D eigenvalue weighted by Gasteiger charge is 2.22. The molecule has 0 atom stereocenters. The Labute approximate surface area is 186 Å². The fourth-order valence-electron chi connectivity index (χ4n) is 3.82. The molecule has 1 aliphatic rings. The number of thioether (sulfide) groups is 1. The van der Waals surface area contributed by atoms with Gasteiger partial charge in [0.05, 0.1) is 24.5 Å². The van der Waals surface area contributed by atoms with Crippen LogP contribution in [0.15, 0.2) is 41.7 Å². The lowest BCUT2D eigenvalue weighted by Gasteiger charge is -2.19. The lowest BCUT2D eigenvalue weighted by molar-refractivity contribution is -0.113. The molecule has 1 aliphatic carbocycles. The first-order valence-corrected chi connectivity index (χ1v) is 11.7. The molecule has 2 heterocycles. The number of tetrazole rings is 1. The summed E-state index contributed by atoms with van der Waals surface area (Å²) in [7, 11) is 0. The first-order valence-electron chi connectivity index (χ1n) is 10.7. The van der Waals surface area contributed by atoms with Gasteiger partial charge in [0.25, 0.3) is 0 Å². The van der Waals surface area contributed by atoms with Gasteiger partial charge in [-0.25, -0.2) is 9.36 Å². The minimum atomic E-state index is -0.101. The predicted molar refractivity (Wildman–Crippen MR) is 121 cm³/mol. The largest absolute Gasteiger partial charge is 0.310 e. The topological polar surface area (TPSA) is 90.5 Å². The molecule has 4 rings (SSSR count). The Kier molecular flexibility index (Phi) is 6.41. The molecule has 0 saturated heterocycles. The molecule has 31 heavy (non-hydrogen) atoms. The predicted octanol–water partition coefficient (Wildman–Crippen LogP) is 4.06. The van der Waals surface area contributed by atoms with Gasteiger partial charge in [-0.15, -0.1) is 5.10 Å². The molecule has 0 radical (unpaired) electrons. The number of nitrogens with zero attached hydrogens (tertiary/aromatic N) is 6. The molecule has 1 saturated carbocycles. The second-order valence-electron chi connectivity index (χ2n) is 9.00. The molecule has 8 nitrogen and oxygen atoms in total. The monoisotopic (exact) mass is 439 g/mol. The highest BCUT2D eigenvalue weighted by Crippen LogP contribution is 2.31. The number of nitrogens with one attached hydrogen (secondary N) is 1. The van der Waals surface area contributed by atoms with Gasteiger partial charge in [-0.05, 0) is 39.8 Å². The first-order chi connectivity index (χ1) is 14.9. The van der Waals surface area contributed by atoms with Crippen molar-refractivity contribution in [1.82, 2.24) is 30.0 Å². The highest BCUT2D eigenvalue weighted by atomic mass is 32.2. The number of carbonyl (C=O) groups excluding carboxylic acids is 1. The van der Waals surface area contributed by atoms with Crippen molar-refractivity contribution < 1.29 is 4.79 Å². The van der Waals surface area contributed by atoms with Gasteiger partial charge in [0, 0.05) is 6.07 Å². The number of benzene rings is 1. The van der Waals surface area contributed by atoms with Gasteiger partial charge in [0.15, 0.2) is 0 Å². The molecule has 0 aliphatic heterocycles. The van der Waals surface area contributed by atoms with E-state index in [1.165, 1.54) is 30.2 Å². The minimum absolute atomic E-state index is 0.101. The zero-order chi connectivity index (χ0) is 21.8. The van der Waals surface area contributed by atoms with Crippen molar-refractivity contribution in [2.45, 2.75) is 69.6 Å². The zero-order valence-corrected chi connectivity index (χ0v) is 19.1. The average Bonchev–Trinajstić information content (AvgIpc) is 3.48. The van der Waals surface area contributed by atoms with Gasteiger partial charge in [0.2, 0.25) is 11.1 Å². The van der Waals surface area contributed by atoms with Crippen LogP contribution >= 0.6 is 11.8 Å². The fourth-order valence-corrected chi connectivity index (χ4v) is 4.56. The molecule has 9 heteroatoms. The number of hydrogen-bond donors (Lipinski definition) is 1. The highest BCUT2D eigenvalue weighted by molar-refractivity contribution is 7.99. The average molecular weight is 440 g/mol. The smallest absolute Gasteiger partial charge is 0.235 e. The summed E-state index contributed by atoms with van der Waals surface area (Å²) in [5.74, 6) is 0.829. The number of aromatic nitrogens is 6. The Hall–Kier alpha value is -2.68. The third-order valence-electron chi connectivity index (χ3n) is 5.60. The summed E-state index contributed by atoms with van der Waals surface area (Å²) < 4.78 is 3.67. The third-order valence-corrected chi connectivity index (χ3v) is 6.54. The molecule has 1 fully saturated rings. The molecule has 1 N–H and O–H groups in total. The Balaban J connectivity index is 1.34. The summed E-state index contributed by atoms with van der Waals surface area (Å²) in [6, 6.07) is 10.7. The van der Waals surface area contributed by atoms with E-state index >= 15 is 0 Å². The zero-order valence-electron chi connectivity index (χ0n) is 18.3.